The highest BCUT2D eigenvalue weighted by atomic mass is 16.5. The molecule has 6 atom stereocenters. The molecule has 4 rings (SSSR count). The fourth-order valence-corrected chi connectivity index (χ4v) is 7.76. The van der Waals surface area contributed by atoms with Crippen molar-refractivity contribution in [3.8, 4) is 0 Å². The van der Waals surface area contributed by atoms with Crippen LogP contribution in [-0.4, -0.2) is 5.97 Å². The summed E-state index contributed by atoms with van der Waals surface area (Å²) in [5, 5.41) is 0. The van der Waals surface area contributed by atoms with Crippen LogP contribution in [0.5, 0.6) is 0 Å². The fourth-order valence-electron chi connectivity index (χ4n) is 7.76. The molecule has 0 radical (unpaired) electrons. The Morgan fingerprint density at radius 1 is 1.15 bits per heavy atom. The highest BCUT2D eigenvalue weighted by Gasteiger charge is 2.58. The molecule has 144 valence electrons. The molecule has 0 aliphatic heterocycles. The summed E-state index contributed by atoms with van der Waals surface area (Å²) >= 11 is 0. The van der Waals surface area contributed by atoms with Crippen LogP contribution in [0, 0.1) is 40.4 Å². The smallest absolute Gasteiger partial charge is 0.308 e. The van der Waals surface area contributed by atoms with Gasteiger partial charge in [-0.15, -0.1) is 0 Å². The summed E-state index contributed by atoms with van der Waals surface area (Å²) < 4.78 is 5.39. The lowest BCUT2D eigenvalue weighted by Gasteiger charge is -2.58. The molecule has 3 fully saturated rings. The van der Waals surface area contributed by atoms with Gasteiger partial charge in [-0.2, -0.15) is 0 Å². The molecule has 0 heterocycles. The fraction of sp³-hybridized carbons (Fsp3) is 0.792. The van der Waals surface area contributed by atoms with Gasteiger partial charge in [-0.3, -0.25) is 4.79 Å². The van der Waals surface area contributed by atoms with Crippen LogP contribution >= 0.6 is 0 Å². The highest BCUT2D eigenvalue weighted by Crippen LogP contribution is 2.67. The number of hydrogen-bond donors (Lipinski definition) is 0. The van der Waals surface area contributed by atoms with E-state index in [1.165, 1.54) is 45.4 Å². The maximum Gasteiger partial charge on any atom is 0.308 e. The molecule has 3 saturated carbocycles. The molecule has 0 aromatic rings. The molecule has 4 aliphatic rings. The van der Waals surface area contributed by atoms with E-state index >= 15 is 0 Å². The molecular weight excluding hydrogens is 320 g/mol. The third-order valence-corrected chi connectivity index (χ3v) is 8.92. The van der Waals surface area contributed by atoms with Crippen LogP contribution in [0.1, 0.15) is 79.6 Å². The van der Waals surface area contributed by atoms with Gasteiger partial charge in [0.05, 0.1) is 0 Å². The Morgan fingerprint density at radius 3 is 2.62 bits per heavy atom. The van der Waals surface area contributed by atoms with Crippen molar-refractivity contribution in [2.75, 3.05) is 0 Å². The Labute approximate surface area is 159 Å². The SMILES string of the molecule is CC(=O)OC1=CCC2(C)C(=C1)CCC1C2CCC2(C)C(C(C)C)CCC12. The van der Waals surface area contributed by atoms with Crippen molar-refractivity contribution >= 4 is 5.97 Å². The monoisotopic (exact) mass is 356 g/mol. The van der Waals surface area contributed by atoms with Gasteiger partial charge in [-0.25, -0.2) is 0 Å². The topological polar surface area (TPSA) is 26.3 Å². The molecule has 2 heteroatoms. The van der Waals surface area contributed by atoms with Crippen molar-refractivity contribution < 1.29 is 9.53 Å². The normalized spacial score (nSPS) is 44.5. The standard InChI is InChI=1S/C24H36O2/c1-15(2)20-8-9-21-19-7-6-17-14-18(26-16(3)25)10-12-23(17,4)22(19)11-13-24(20,21)5/h10,14-15,19-22H,6-9,11-13H2,1-5H3. The minimum Gasteiger partial charge on any atom is -0.427 e. The van der Waals surface area contributed by atoms with Crippen LogP contribution in [-0.2, 0) is 9.53 Å². The van der Waals surface area contributed by atoms with Crippen LogP contribution in [0.25, 0.3) is 0 Å². The molecule has 0 bridgehead atoms. The van der Waals surface area contributed by atoms with Gasteiger partial charge in [0.1, 0.15) is 5.76 Å². The Bertz CT molecular complexity index is 657. The van der Waals surface area contributed by atoms with Gasteiger partial charge in [0.15, 0.2) is 0 Å². The largest absolute Gasteiger partial charge is 0.427 e. The van der Waals surface area contributed by atoms with Crippen LogP contribution in [0.2, 0.25) is 0 Å². The quantitative estimate of drug-likeness (QED) is 0.544. The zero-order valence-electron chi connectivity index (χ0n) is 17.3. The number of carbonyl (C=O) groups excluding carboxylic acids is 1. The second-order valence-corrected chi connectivity index (χ2v) is 10.4. The predicted molar refractivity (Wildman–Crippen MR) is 105 cm³/mol. The van der Waals surface area contributed by atoms with E-state index in [0.717, 1.165) is 41.8 Å². The third-order valence-electron chi connectivity index (χ3n) is 8.92. The first-order valence-corrected chi connectivity index (χ1v) is 10.9. The number of esters is 1. The number of allylic oxidation sites excluding steroid dienone is 3. The molecule has 0 saturated heterocycles. The van der Waals surface area contributed by atoms with Gasteiger partial charge in [0.2, 0.25) is 0 Å². The molecule has 0 aromatic heterocycles. The summed E-state index contributed by atoms with van der Waals surface area (Å²) in [6.07, 6.45) is 13.6. The zero-order chi connectivity index (χ0) is 18.7. The van der Waals surface area contributed by atoms with Gasteiger partial charge in [0.25, 0.3) is 0 Å². The lowest BCUT2D eigenvalue weighted by molar-refractivity contribution is -0.136. The summed E-state index contributed by atoms with van der Waals surface area (Å²) in [6, 6.07) is 0. The maximum absolute atomic E-state index is 11.3. The van der Waals surface area contributed by atoms with E-state index < -0.39 is 0 Å². The summed E-state index contributed by atoms with van der Waals surface area (Å²) in [7, 11) is 0. The van der Waals surface area contributed by atoms with Gasteiger partial charge < -0.3 is 4.74 Å². The van der Waals surface area contributed by atoms with Gasteiger partial charge in [-0.1, -0.05) is 33.3 Å². The molecule has 4 aliphatic carbocycles. The molecule has 6 unspecified atom stereocenters. The molecule has 0 N–H and O–H groups in total. The van der Waals surface area contributed by atoms with E-state index in [9.17, 15) is 4.79 Å². The first-order valence-electron chi connectivity index (χ1n) is 10.9. The molecule has 2 nitrogen and oxygen atoms in total. The van der Waals surface area contributed by atoms with Crippen molar-refractivity contribution in [1.82, 2.24) is 0 Å². The van der Waals surface area contributed by atoms with Crippen molar-refractivity contribution in [3.05, 3.63) is 23.5 Å². The summed E-state index contributed by atoms with van der Waals surface area (Å²) in [6.45, 7) is 11.5. The average molecular weight is 357 g/mol. The highest BCUT2D eigenvalue weighted by molar-refractivity contribution is 5.68. The van der Waals surface area contributed by atoms with E-state index in [1.807, 2.05) is 0 Å². The minimum absolute atomic E-state index is 0.204. The van der Waals surface area contributed by atoms with Gasteiger partial charge >= 0.3 is 5.97 Å². The number of hydrogen-bond acceptors (Lipinski definition) is 2. The van der Waals surface area contributed by atoms with Crippen molar-refractivity contribution in [1.29, 1.82) is 0 Å². The Balaban J connectivity index is 1.59. The van der Waals surface area contributed by atoms with Crippen LogP contribution in [0.15, 0.2) is 23.5 Å². The third kappa shape index (κ3) is 2.62. The Kier molecular flexibility index (Phi) is 4.40. The lowest BCUT2D eigenvalue weighted by atomic mass is 9.47. The van der Waals surface area contributed by atoms with Crippen LogP contribution in [0.3, 0.4) is 0 Å². The maximum atomic E-state index is 11.3. The van der Waals surface area contributed by atoms with E-state index in [-0.39, 0.29) is 11.4 Å². The Hall–Kier alpha value is -1.05. The summed E-state index contributed by atoms with van der Waals surface area (Å²) in [5.74, 6) is 4.94. The molecule has 0 amide bonds. The summed E-state index contributed by atoms with van der Waals surface area (Å²) in [5.41, 5.74) is 2.39. The van der Waals surface area contributed by atoms with Gasteiger partial charge in [-0.05, 0) is 97.5 Å². The Morgan fingerprint density at radius 2 is 1.92 bits per heavy atom. The van der Waals surface area contributed by atoms with Crippen LogP contribution in [0.4, 0.5) is 0 Å². The van der Waals surface area contributed by atoms with E-state index in [1.54, 1.807) is 5.57 Å². The molecule has 26 heavy (non-hydrogen) atoms. The van der Waals surface area contributed by atoms with E-state index in [0.29, 0.717) is 5.41 Å². The predicted octanol–water partition coefficient (Wildman–Crippen LogP) is 6.28. The average Bonchev–Trinajstić information content (AvgIpc) is 2.92. The second-order valence-electron chi connectivity index (χ2n) is 10.4. The van der Waals surface area contributed by atoms with Crippen molar-refractivity contribution in [2.45, 2.75) is 79.6 Å². The molecule has 0 aromatic carbocycles. The summed E-state index contributed by atoms with van der Waals surface area (Å²) in [4.78, 5) is 11.3. The van der Waals surface area contributed by atoms with Crippen molar-refractivity contribution in [2.24, 2.45) is 40.4 Å². The van der Waals surface area contributed by atoms with E-state index in [4.69, 9.17) is 4.74 Å². The van der Waals surface area contributed by atoms with Crippen LogP contribution < -0.4 is 0 Å². The van der Waals surface area contributed by atoms with Gasteiger partial charge in [0, 0.05) is 6.92 Å². The van der Waals surface area contributed by atoms with E-state index in [2.05, 4.69) is 39.8 Å². The van der Waals surface area contributed by atoms with Crippen molar-refractivity contribution in [3.63, 3.8) is 0 Å². The number of carbonyl (C=O) groups is 1. The second kappa shape index (κ2) is 6.24. The number of ether oxygens (including phenoxy) is 1. The first kappa shape index (κ1) is 18.3. The zero-order valence-corrected chi connectivity index (χ0v) is 17.3. The number of fused-ring (bicyclic) bond motifs is 5. The minimum atomic E-state index is -0.204. The first-order chi connectivity index (χ1) is 12.3. The lowest BCUT2D eigenvalue weighted by Crippen LogP contribution is -2.50. The number of rotatable bonds is 2. The molecular formula is C24H36O2. The molecule has 0 spiro atoms.